The molecule has 1 aliphatic heterocycles. The number of piperazine rings is 1. The van der Waals surface area contributed by atoms with Gasteiger partial charge in [-0.2, -0.15) is 4.37 Å². The average molecular weight is 269 g/mol. The summed E-state index contributed by atoms with van der Waals surface area (Å²) in [5, 5.41) is 1.09. The van der Waals surface area contributed by atoms with Crippen molar-refractivity contribution in [2.24, 2.45) is 5.73 Å². The molecule has 1 saturated heterocycles. The molecule has 2 rings (SSSR count). The summed E-state index contributed by atoms with van der Waals surface area (Å²) in [5.41, 5.74) is 5.52. The van der Waals surface area contributed by atoms with E-state index in [2.05, 4.69) is 26.1 Å². The molecule has 1 aromatic heterocycles. The van der Waals surface area contributed by atoms with Gasteiger partial charge in [0, 0.05) is 44.1 Å². The largest absolute Gasteiger partial charge is 0.344 e. The fourth-order valence-corrected chi connectivity index (χ4v) is 2.96. The highest BCUT2D eigenvalue weighted by Crippen LogP contribution is 2.19. The Labute approximate surface area is 113 Å². The molecule has 0 atom stereocenters. The van der Waals surface area contributed by atoms with Gasteiger partial charge in [-0.1, -0.05) is 6.92 Å². The number of rotatable bonds is 6. The molecule has 0 bridgehead atoms. The molecular formula is C12H23N5S. The predicted molar refractivity (Wildman–Crippen MR) is 76.2 cm³/mol. The van der Waals surface area contributed by atoms with Crippen molar-refractivity contribution in [1.82, 2.24) is 14.3 Å². The van der Waals surface area contributed by atoms with Crippen LogP contribution < -0.4 is 10.6 Å². The second-order valence-corrected chi connectivity index (χ2v) is 5.40. The third-order valence-electron chi connectivity index (χ3n) is 3.34. The maximum atomic E-state index is 5.52. The van der Waals surface area contributed by atoms with Gasteiger partial charge in [0.25, 0.3) is 0 Å². The summed E-state index contributed by atoms with van der Waals surface area (Å²) >= 11 is 1.53. The van der Waals surface area contributed by atoms with Gasteiger partial charge >= 0.3 is 0 Å². The molecule has 0 unspecified atom stereocenters. The molecule has 1 fully saturated rings. The Kier molecular flexibility index (Phi) is 5.34. The van der Waals surface area contributed by atoms with Crippen LogP contribution in [-0.4, -0.2) is 53.5 Å². The Balaban J connectivity index is 1.75. The van der Waals surface area contributed by atoms with Gasteiger partial charge < -0.3 is 10.6 Å². The van der Waals surface area contributed by atoms with Crippen LogP contribution in [0.2, 0.25) is 0 Å². The Morgan fingerprint density at radius 1 is 1.22 bits per heavy atom. The van der Waals surface area contributed by atoms with Crippen molar-refractivity contribution in [3.8, 4) is 0 Å². The lowest BCUT2D eigenvalue weighted by Crippen LogP contribution is -2.46. The van der Waals surface area contributed by atoms with E-state index in [1.807, 2.05) is 0 Å². The third-order valence-corrected chi connectivity index (χ3v) is 4.16. The molecule has 18 heavy (non-hydrogen) atoms. The number of anilines is 1. The van der Waals surface area contributed by atoms with Gasteiger partial charge in [-0.3, -0.25) is 4.90 Å². The maximum absolute atomic E-state index is 5.52. The maximum Gasteiger partial charge on any atom is 0.205 e. The summed E-state index contributed by atoms with van der Waals surface area (Å²) in [6, 6.07) is 0. The van der Waals surface area contributed by atoms with Crippen LogP contribution >= 0.6 is 11.5 Å². The van der Waals surface area contributed by atoms with Crippen LogP contribution in [0, 0.1) is 0 Å². The molecule has 0 amide bonds. The first-order valence-corrected chi connectivity index (χ1v) is 7.60. The van der Waals surface area contributed by atoms with Crippen LogP contribution in [0.4, 0.5) is 5.13 Å². The molecule has 102 valence electrons. The van der Waals surface area contributed by atoms with Crippen molar-refractivity contribution in [2.75, 3.05) is 44.2 Å². The minimum Gasteiger partial charge on any atom is -0.344 e. The number of unbranched alkanes of at least 4 members (excludes halogenated alkanes) is 1. The molecule has 1 aromatic rings. The zero-order chi connectivity index (χ0) is 12.8. The molecule has 6 heteroatoms. The number of aryl methyl sites for hydroxylation is 1. The third kappa shape index (κ3) is 3.63. The summed E-state index contributed by atoms with van der Waals surface area (Å²) in [7, 11) is 0. The van der Waals surface area contributed by atoms with Crippen LogP contribution in [0.15, 0.2) is 0 Å². The van der Waals surface area contributed by atoms with Crippen LogP contribution in [0.3, 0.4) is 0 Å². The topological polar surface area (TPSA) is 58.3 Å². The average Bonchev–Trinajstić information content (AvgIpc) is 2.89. The number of nitrogens with zero attached hydrogens (tertiary/aromatic N) is 4. The zero-order valence-electron chi connectivity index (χ0n) is 11.1. The Morgan fingerprint density at radius 2 is 2.00 bits per heavy atom. The zero-order valence-corrected chi connectivity index (χ0v) is 12.0. The van der Waals surface area contributed by atoms with Crippen LogP contribution in [-0.2, 0) is 6.42 Å². The van der Waals surface area contributed by atoms with E-state index in [0.29, 0.717) is 0 Å². The molecule has 2 heterocycles. The summed E-state index contributed by atoms with van der Waals surface area (Å²) in [6.07, 6.45) is 3.28. The molecular weight excluding hydrogens is 246 g/mol. The molecule has 1 aliphatic rings. The second-order valence-electron chi connectivity index (χ2n) is 4.67. The van der Waals surface area contributed by atoms with Gasteiger partial charge in [0.2, 0.25) is 5.13 Å². The van der Waals surface area contributed by atoms with Gasteiger partial charge in [-0.15, -0.1) is 0 Å². The van der Waals surface area contributed by atoms with E-state index in [9.17, 15) is 0 Å². The van der Waals surface area contributed by atoms with Gasteiger partial charge in [0.1, 0.15) is 5.82 Å². The molecule has 5 nitrogen and oxygen atoms in total. The van der Waals surface area contributed by atoms with Gasteiger partial charge in [0.05, 0.1) is 0 Å². The van der Waals surface area contributed by atoms with E-state index < -0.39 is 0 Å². The van der Waals surface area contributed by atoms with Gasteiger partial charge in [-0.05, 0) is 25.9 Å². The van der Waals surface area contributed by atoms with Crippen LogP contribution in [0.5, 0.6) is 0 Å². The summed E-state index contributed by atoms with van der Waals surface area (Å²) in [4.78, 5) is 9.43. The molecule has 2 N–H and O–H groups in total. The van der Waals surface area contributed by atoms with E-state index in [-0.39, 0.29) is 0 Å². The van der Waals surface area contributed by atoms with Gasteiger partial charge in [-0.25, -0.2) is 4.98 Å². The predicted octanol–water partition coefficient (Wildman–Crippen LogP) is 0.961. The number of aromatic nitrogens is 2. The van der Waals surface area contributed by atoms with E-state index in [0.717, 1.165) is 56.5 Å². The first kappa shape index (κ1) is 13.7. The fraction of sp³-hybridized carbons (Fsp3) is 0.833. The second kappa shape index (κ2) is 7.01. The van der Waals surface area contributed by atoms with Crippen molar-refractivity contribution >= 4 is 16.7 Å². The number of hydrogen-bond donors (Lipinski definition) is 1. The Morgan fingerprint density at radius 3 is 2.61 bits per heavy atom. The van der Waals surface area contributed by atoms with Crippen molar-refractivity contribution in [1.29, 1.82) is 0 Å². The number of hydrogen-bond acceptors (Lipinski definition) is 6. The minimum atomic E-state index is 0.810. The molecule has 0 aromatic carbocycles. The highest BCUT2D eigenvalue weighted by Gasteiger charge is 2.19. The van der Waals surface area contributed by atoms with E-state index in [4.69, 9.17) is 5.73 Å². The monoisotopic (exact) mass is 269 g/mol. The van der Waals surface area contributed by atoms with E-state index >= 15 is 0 Å². The van der Waals surface area contributed by atoms with Crippen molar-refractivity contribution in [2.45, 2.75) is 26.2 Å². The van der Waals surface area contributed by atoms with Crippen molar-refractivity contribution < 1.29 is 0 Å². The van der Waals surface area contributed by atoms with E-state index in [1.54, 1.807) is 0 Å². The smallest absolute Gasteiger partial charge is 0.205 e. The first-order valence-electron chi connectivity index (χ1n) is 6.83. The van der Waals surface area contributed by atoms with Crippen molar-refractivity contribution in [3.05, 3.63) is 5.82 Å². The van der Waals surface area contributed by atoms with Crippen LogP contribution in [0.25, 0.3) is 0 Å². The molecule has 0 radical (unpaired) electrons. The standard InChI is InChI=1S/C12H23N5S/c1-2-11-14-12(18-15-11)17-9-7-16(8-10-17)6-4-3-5-13/h2-10,13H2,1H3. The first-order chi connectivity index (χ1) is 8.83. The fourth-order valence-electron chi connectivity index (χ4n) is 2.16. The molecule has 0 aliphatic carbocycles. The number of nitrogens with two attached hydrogens (primary N) is 1. The lowest BCUT2D eigenvalue weighted by atomic mass is 10.2. The summed E-state index contributed by atoms with van der Waals surface area (Å²) in [5.74, 6) is 0.973. The molecule has 0 saturated carbocycles. The quantitative estimate of drug-likeness (QED) is 0.780. The lowest BCUT2D eigenvalue weighted by Gasteiger charge is -2.34. The van der Waals surface area contributed by atoms with Crippen LogP contribution in [0.1, 0.15) is 25.6 Å². The normalized spacial score (nSPS) is 17.3. The Bertz CT molecular complexity index is 346. The highest BCUT2D eigenvalue weighted by atomic mass is 32.1. The summed E-state index contributed by atoms with van der Waals surface area (Å²) < 4.78 is 4.35. The SMILES string of the molecule is CCc1nsc(N2CCN(CCCCN)CC2)n1. The molecule has 0 spiro atoms. The minimum absolute atomic E-state index is 0.810. The lowest BCUT2D eigenvalue weighted by molar-refractivity contribution is 0.253. The Hall–Kier alpha value is -0.720. The van der Waals surface area contributed by atoms with Gasteiger partial charge in [0.15, 0.2) is 0 Å². The van der Waals surface area contributed by atoms with Crippen molar-refractivity contribution in [3.63, 3.8) is 0 Å². The highest BCUT2D eigenvalue weighted by molar-refractivity contribution is 7.09. The summed E-state index contributed by atoms with van der Waals surface area (Å²) in [6.45, 7) is 8.49. The van der Waals surface area contributed by atoms with E-state index in [1.165, 1.54) is 24.5 Å².